The van der Waals surface area contributed by atoms with Crippen LogP contribution in [-0.4, -0.2) is 31.1 Å². The molecule has 1 atom stereocenters. The van der Waals surface area contributed by atoms with Gasteiger partial charge in [0.25, 0.3) is 0 Å². The molecule has 1 saturated heterocycles. The van der Waals surface area contributed by atoms with Crippen molar-refractivity contribution < 1.29 is 0 Å². The first-order chi connectivity index (χ1) is 8.19. The normalized spacial score (nSPS) is 21.7. The van der Waals surface area contributed by atoms with E-state index in [0.29, 0.717) is 6.04 Å². The molecule has 2 nitrogen and oxygen atoms in total. The van der Waals surface area contributed by atoms with E-state index in [2.05, 4.69) is 49.3 Å². The van der Waals surface area contributed by atoms with Crippen LogP contribution < -0.4 is 5.32 Å². The molecule has 0 bridgehead atoms. The molecule has 1 N–H and O–H groups in total. The number of aryl methyl sites for hydroxylation is 2. The van der Waals surface area contributed by atoms with Gasteiger partial charge in [-0.25, -0.2) is 0 Å². The minimum Gasteiger partial charge on any atom is -0.316 e. The summed E-state index contributed by atoms with van der Waals surface area (Å²) in [5, 5.41) is 3.40. The maximum Gasteiger partial charge on any atom is 0.0237 e. The molecular formula is C15H24N2. The zero-order chi connectivity index (χ0) is 12.3. The molecule has 2 heteroatoms. The lowest BCUT2D eigenvalue weighted by molar-refractivity contribution is 0.187. The Kier molecular flexibility index (Phi) is 4.19. The average molecular weight is 232 g/mol. The van der Waals surface area contributed by atoms with Crippen molar-refractivity contribution >= 4 is 0 Å². The molecule has 1 aliphatic heterocycles. The summed E-state index contributed by atoms with van der Waals surface area (Å²) in [6.45, 7) is 7.91. The highest BCUT2D eigenvalue weighted by Crippen LogP contribution is 2.17. The van der Waals surface area contributed by atoms with Crippen LogP contribution in [0.15, 0.2) is 18.2 Å². The Bertz CT molecular complexity index is 373. The highest BCUT2D eigenvalue weighted by atomic mass is 15.2. The third kappa shape index (κ3) is 3.30. The van der Waals surface area contributed by atoms with Crippen LogP contribution in [0, 0.1) is 13.8 Å². The van der Waals surface area contributed by atoms with Crippen molar-refractivity contribution in [3.63, 3.8) is 0 Å². The van der Waals surface area contributed by atoms with E-state index in [0.717, 1.165) is 6.54 Å². The second-order valence-corrected chi connectivity index (χ2v) is 5.29. The Hall–Kier alpha value is -0.860. The van der Waals surface area contributed by atoms with E-state index in [4.69, 9.17) is 0 Å². The van der Waals surface area contributed by atoms with Crippen LogP contribution in [0.4, 0.5) is 0 Å². The third-order valence-electron chi connectivity index (χ3n) is 3.81. The van der Waals surface area contributed by atoms with Gasteiger partial charge in [0, 0.05) is 19.1 Å². The minimum atomic E-state index is 0.675. The number of hydrogen-bond acceptors (Lipinski definition) is 2. The van der Waals surface area contributed by atoms with Gasteiger partial charge in [-0.3, -0.25) is 4.90 Å². The summed E-state index contributed by atoms with van der Waals surface area (Å²) in [4.78, 5) is 2.57. The van der Waals surface area contributed by atoms with Gasteiger partial charge in [-0.05, 0) is 51.4 Å². The van der Waals surface area contributed by atoms with Gasteiger partial charge < -0.3 is 5.32 Å². The number of nitrogens with one attached hydrogen (secondary N) is 1. The molecule has 0 aliphatic carbocycles. The number of hydrogen-bond donors (Lipinski definition) is 1. The molecule has 1 aliphatic rings. The fourth-order valence-corrected chi connectivity index (χ4v) is 2.70. The largest absolute Gasteiger partial charge is 0.316 e. The molecule has 1 aromatic rings. The standard InChI is InChI=1S/C15H24N2/c1-12-6-7-14(13(2)9-12)10-17-8-4-5-15(11-17)16-3/h6-7,9,15-16H,4-5,8,10-11H2,1-3H3. The highest BCUT2D eigenvalue weighted by Gasteiger charge is 2.18. The second kappa shape index (κ2) is 5.65. The molecule has 1 aromatic carbocycles. The summed E-state index contributed by atoms with van der Waals surface area (Å²) < 4.78 is 0. The zero-order valence-corrected chi connectivity index (χ0v) is 11.3. The topological polar surface area (TPSA) is 15.3 Å². The lowest BCUT2D eigenvalue weighted by atomic mass is 10.0. The summed E-state index contributed by atoms with van der Waals surface area (Å²) in [6.07, 6.45) is 2.64. The predicted molar refractivity (Wildman–Crippen MR) is 73.3 cm³/mol. The maximum atomic E-state index is 3.40. The SMILES string of the molecule is CNC1CCCN(Cc2ccc(C)cc2C)C1. The number of nitrogens with zero attached hydrogens (tertiary/aromatic N) is 1. The number of likely N-dealkylation sites (tertiary alicyclic amines) is 1. The van der Waals surface area contributed by atoms with Crippen molar-refractivity contribution in [2.45, 2.75) is 39.3 Å². The van der Waals surface area contributed by atoms with E-state index >= 15 is 0 Å². The molecule has 94 valence electrons. The van der Waals surface area contributed by atoms with Crippen LogP contribution in [0.5, 0.6) is 0 Å². The lowest BCUT2D eigenvalue weighted by Crippen LogP contribution is -2.43. The number of rotatable bonds is 3. The van der Waals surface area contributed by atoms with E-state index in [1.165, 1.54) is 42.6 Å². The quantitative estimate of drug-likeness (QED) is 0.861. The van der Waals surface area contributed by atoms with E-state index in [1.807, 2.05) is 0 Å². The molecule has 1 heterocycles. The molecule has 1 unspecified atom stereocenters. The van der Waals surface area contributed by atoms with Crippen molar-refractivity contribution in [3.8, 4) is 0 Å². The van der Waals surface area contributed by atoms with Crippen molar-refractivity contribution in [3.05, 3.63) is 34.9 Å². The molecule has 2 rings (SSSR count). The molecular weight excluding hydrogens is 208 g/mol. The molecule has 0 aromatic heterocycles. The summed E-state index contributed by atoms with van der Waals surface area (Å²) in [6, 6.07) is 7.47. The van der Waals surface area contributed by atoms with Gasteiger partial charge in [0.15, 0.2) is 0 Å². The Balaban J connectivity index is 2.00. The molecule has 0 amide bonds. The van der Waals surface area contributed by atoms with Crippen LogP contribution in [0.1, 0.15) is 29.5 Å². The van der Waals surface area contributed by atoms with Crippen LogP contribution in [-0.2, 0) is 6.54 Å². The van der Waals surface area contributed by atoms with Gasteiger partial charge in [0.2, 0.25) is 0 Å². The summed E-state index contributed by atoms with van der Waals surface area (Å²) in [5.74, 6) is 0. The predicted octanol–water partition coefficient (Wildman–Crippen LogP) is 2.49. The van der Waals surface area contributed by atoms with Crippen molar-refractivity contribution in [1.82, 2.24) is 10.2 Å². The molecule has 0 spiro atoms. The molecule has 0 saturated carbocycles. The Morgan fingerprint density at radius 2 is 2.18 bits per heavy atom. The van der Waals surface area contributed by atoms with Crippen molar-refractivity contribution in [1.29, 1.82) is 0 Å². The highest BCUT2D eigenvalue weighted by molar-refractivity contribution is 5.30. The fourth-order valence-electron chi connectivity index (χ4n) is 2.70. The van der Waals surface area contributed by atoms with Crippen molar-refractivity contribution in [2.75, 3.05) is 20.1 Å². The molecule has 17 heavy (non-hydrogen) atoms. The first kappa shape index (κ1) is 12.6. The first-order valence-electron chi connectivity index (χ1n) is 6.65. The lowest BCUT2D eigenvalue weighted by Gasteiger charge is -2.32. The van der Waals surface area contributed by atoms with Gasteiger partial charge in [0.05, 0.1) is 0 Å². The Morgan fingerprint density at radius 3 is 2.88 bits per heavy atom. The number of benzene rings is 1. The van der Waals surface area contributed by atoms with E-state index < -0.39 is 0 Å². The fraction of sp³-hybridized carbons (Fsp3) is 0.600. The van der Waals surface area contributed by atoms with Crippen molar-refractivity contribution in [2.24, 2.45) is 0 Å². The third-order valence-corrected chi connectivity index (χ3v) is 3.81. The van der Waals surface area contributed by atoms with E-state index in [9.17, 15) is 0 Å². The summed E-state index contributed by atoms with van der Waals surface area (Å²) in [7, 11) is 2.07. The molecule has 1 fully saturated rings. The second-order valence-electron chi connectivity index (χ2n) is 5.29. The monoisotopic (exact) mass is 232 g/mol. The van der Waals surface area contributed by atoms with Crippen LogP contribution in [0.2, 0.25) is 0 Å². The van der Waals surface area contributed by atoms with Gasteiger partial charge >= 0.3 is 0 Å². The number of likely N-dealkylation sites (N-methyl/N-ethyl adjacent to an activating group) is 1. The average Bonchev–Trinajstić information content (AvgIpc) is 2.33. The first-order valence-corrected chi connectivity index (χ1v) is 6.65. The minimum absolute atomic E-state index is 0.675. The summed E-state index contributed by atoms with van der Waals surface area (Å²) in [5.41, 5.74) is 4.27. The van der Waals surface area contributed by atoms with Gasteiger partial charge in [-0.2, -0.15) is 0 Å². The van der Waals surface area contributed by atoms with Crippen LogP contribution in [0.25, 0.3) is 0 Å². The Labute approximate surface area is 105 Å². The summed E-state index contributed by atoms with van der Waals surface area (Å²) >= 11 is 0. The van der Waals surface area contributed by atoms with Gasteiger partial charge in [0.1, 0.15) is 0 Å². The van der Waals surface area contributed by atoms with Crippen LogP contribution in [0.3, 0.4) is 0 Å². The maximum absolute atomic E-state index is 3.40. The number of piperidine rings is 1. The van der Waals surface area contributed by atoms with Gasteiger partial charge in [-0.15, -0.1) is 0 Å². The molecule has 0 radical (unpaired) electrons. The van der Waals surface area contributed by atoms with E-state index in [-0.39, 0.29) is 0 Å². The Morgan fingerprint density at radius 1 is 1.35 bits per heavy atom. The van der Waals surface area contributed by atoms with Gasteiger partial charge in [-0.1, -0.05) is 23.8 Å². The zero-order valence-electron chi connectivity index (χ0n) is 11.3. The van der Waals surface area contributed by atoms with Crippen LogP contribution >= 0.6 is 0 Å². The van der Waals surface area contributed by atoms with E-state index in [1.54, 1.807) is 0 Å². The smallest absolute Gasteiger partial charge is 0.0237 e.